The SMILES string of the molecule is CCC[C@H](NC(=O)CCl)C(=O)[O-]. The minimum Gasteiger partial charge on any atom is -0.548 e. The highest BCUT2D eigenvalue weighted by Crippen LogP contribution is 1.95. The molecule has 1 atom stereocenters. The second kappa shape index (κ2) is 5.83. The van der Waals surface area contributed by atoms with Crippen LogP contribution in [0.4, 0.5) is 0 Å². The molecule has 0 aliphatic rings. The number of carbonyl (C=O) groups excluding carboxylic acids is 2. The summed E-state index contributed by atoms with van der Waals surface area (Å²) >= 11 is 5.18. The summed E-state index contributed by atoms with van der Waals surface area (Å²) < 4.78 is 0. The second-order valence-electron chi connectivity index (χ2n) is 2.36. The number of hydrogen-bond acceptors (Lipinski definition) is 3. The molecule has 0 fully saturated rings. The molecule has 4 nitrogen and oxygen atoms in total. The summed E-state index contributed by atoms with van der Waals surface area (Å²) in [6.45, 7) is 1.82. The van der Waals surface area contributed by atoms with Gasteiger partial charge in [0.1, 0.15) is 5.88 Å². The number of carboxylic acid groups (broad SMARTS) is 1. The molecular weight excluding hydrogens is 182 g/mol. The fraction of sp³-hybridized carbons (Fsp3) is 0.714. The first-order chi connectivity index (χ1) is 5.61. The van der Waals surface area contributed by atoms with Crippen LogP contribution < -0.4 is 10.4 Å². The minimum absolute atomic E-state index is 0.229. The molecule has 0 saturated heterocycles. The lowest BCUT2D eigenvalue weighted by Gasteiger charge is -2.17. The van der Waals surface area contributed by atoms with Gasteiger partial charge in [-0.1, -0.05) is 13.3 Å². The van der Waals surface area contributed by atoms with Gasteiger partial charge in [0.2, 0.25) is 5.91 Å². The Morgan fingerprint density at radius 3 is 2.50 bits per heavy atom. The predicted octanol–water partition coefficient (Wildman–Crippen LogP) is -0.740. The van der Waals surface area contributed by atoms with E-state index in [2.05, 4.69) is 5.32 Å². The van der Waals surface area contributed by atoms with Gasteiger partial charge in [-0.3, -0.25) is 4.79 Å². The van der Waals surface area contributed by atoms with E-state index >= 15 is 0 Å². The zero-order valence-corrected chi connectivity index (χ0v) is 7.56. The first kappa shape index (κ1) is 11.2. The van der Waals surface area contributed by atoms with Gasteiger partial charge in [-0.05, 0) is 6.42 Å². The quantitative estimate of drug-likeness (QED) is 0.584. The molecule has 5 heteroatoms. The van der Waals surface area contributed by atoms with E-state index in [0.29, 0.717) is 12.8 Å². The molecule has 0 saturated carbocycles. The van der Waals surface area contributed by atoms with Crippen molar-refractivity contribution in [3.63, 3.8) is 0 Å². The van der Waals surface area contributed by atoms with Crippen LogP contribution in [0, 0.1) is 0 Å². The molecule has 1 amide bonds. The summed E-state index contributed by atoms with van der Waals surface area (Å²) in [7, 11) is 0. The van der Waals surface area contributed by atoms with E-state index in [9.17, 15) is 14.7 Å². The topological polar surface area (TPSA) is 69.2 Å². The van der Waals surface area contributed by atoms with Gasteiger partial charge in [0.25, 0.3) is 0 Å². The number of hydrogen-bond donors (Lipinski definition) is 1. The molecule has 0 aromatic rings. The Kier molecular flexibility index (Phi) is 5.45. The van der Waals surface area contributed by atoms with E-state index < -0.39 is 17.9 Å². The molecular formula is C7H11ClNO3-. The predicted molar refractivity (Wildman–Crippen MR) is 42.6 cm³/mol. The van der Waals surface area contributed by atoms with Crippen molar-refractivity contribution < 1.29 is 14.7 Å². The van der Waals surface area contributed by atoms with Crippen molar-refractivity contribution in [2.75, 3.05) is 5.88 Å². The lowest BCUT2D eigenvalue weighted by atomic mass is 10.2. The zero-order valence-electron chi connectivity index (χ0n) is 6.80. The van der Waals surface area contributed by atoms with Crippen molar-refractivity contribution in [1.29, 1.82) is 0 Å². The normalized spacial score (nSPS) is 12.2. The fourth-order valence-corrected chi connectivity index (χ4v) is 0.848. The Morgan fingerprint density at radius 1 is 1.58 bits per heavy atom. The van der Waals surface area contributed by atoms with E-state index in [4.69, 9.17) is 11.6 Å². The molecule has 0 radical (unpaired) electrons. The molecule has 70 valence electrons. The molecule has 1 N–H and O–H groups in total. The largest absolute Gasteiger partial charge is 0.548 e. The van der Waals surface area contributed by atoms with Crippen LogP contribution >= 0.6 is 11.6 Å². The number of carboxylic acids is 1. The lowest BCUT2D eigenvalue weighted by molar-refractivity contribution is -0.308. The van der Waals surface area contributed by atoms with Crippen LogP contribution in [0.1, 0.15) is 19.8 Å². The average Bonchev–Trinajstić information content (AvgIpc) is 2.03. The van der Waals surface area contributed by atoms with E-state index in [0.717, 1.165) is 0 Å². The van der Waals surface area contributed by atoms with E-state index in [-0.39, 0.29) is 5.88 Å². The maximum absolute atomic E-state index is 10.7. The van der Waals surface area contributed by atoms with Crippen molar-refractivity contribution in [3.05, 3.63) is 0 Å². The number of carbonyl (C=O) groups is 2. The highest BCUT2D eigenvalue weighted by molar-refractivity contribution is 6.27. The molecule has 0 unspecified atom stereocenters. The molecule has 0 aliphatic heterocycles. The third kappa shape index (κ3) is 4.18. The first-order valence-electron chi connectivity index (χ1n) is 3.68. The van der Waals surface area contributed by atoms with Crippen molar-refractivity contribution in [1.82, 2.24) is 5.32 Å². The average molecular weight is 193 g/mol. The Morgan fingerprint density at radius 2 is 2.17 bits per heavy atom. The van der Waals surface area contributed by atoms with Crippen molar-refractivity contribution in [3.8, 4) is 0 Å². The molecule has 0 spiro atoms. The lowest BCUT2D eigenvalue weighted by Crippen LogP contribution is -2.48. The summed E-state index contributed by atoms with van der Waals surface area (Å²) in [6, 6.07) is -0.916. The van der Waals surface area contributed by atoms with Gasteiger partial charge in [-0.25, -0.2) is 0 Å². The molecule has 0 heterocycles. The highest BCUT2D eigenvalue weighted by atomic mass is 35.5. The third-order valence-corrected chi connectivity index (χ3v) is 1.56. The van der Waals surface area contributed by atoms with Crippen LogP contribution in [-0.2, 0) is 9.59 Å². The van der Waals surface area contributed by atoms with E-state index in [1.54, 1.807) is 0 Å². The standard InChI is InChI=1S/C7H12ClNO3/c1-2-3-5(7(11)12)9-6(10)4-8/h5H,2-4H2,1H3,(H,9,10)(H,11,12)/p-1/t5-/m0/s1. The molecule has 0 aromatic carbocycles. The van der Waals surface area contributed by atoms with Gasteiger partial charge >= 0.3 is 0 Å². The van der Waals surface area contributed by atoms with Crippen LogP contribution in [0.5, 0.6) is 0 Å². The number of rotatable bonds is 5. The molecule has 0 aromatic heterocycles. The number of halogens is 1. The van der Waals surface area contributed by atoms with Gasteiger partial charge in [-0.2, -0.15) is 0 Å². The second-order valence-corrected chi connectivity index (χ2v) is 2.63. The molecule has 0 bridgehead atoms. The summed E-state index contributed by atoms with van der Waals surface area (Å²) in [4.78, 5) is 21.0. The van der Waals surface area contributed by atoms with E-state index in [1.165, 1.54) is 0 Å². The smallest absolute Gasteiger partial charge is 0.235 e. The summed E-state index contributed by atoms with van der Waals surface area (Å²) in [6.07, 6.45) is 1.03. The van der Waals surface area contributed by atoms with Crippen molar-refractivity contribution in [2.24, 2.45) is 0 Å². The minimum atomic E-state index is -1.27. The van der Waals surface area contributed by atoms with Crippen LogP contribution in [0.25, 0.3) is 0 Å². The van der Waals surface area contributed by atoms with Crippen molar-refractivity contribution in [2.45, 2.75) is 25.8 Å². The van der Waals surface area contributed by atoms with Crippen LogP contribution in [-0.4, -0.2) is 23.8 Å². The highest BCUT2D eigenvalue weighted by Gasteiger charge is 2.10. The van der Waals surface area contributed by atoms with E-state index in [1.807, 2.05) is 6.92 Å². The number of alkyl halides is 1. The third-order valence-electron chi connectivity index (χ3n) is 1.32. The fourth-order valence-electron chi connectivity index (χ4n) is 0.771. The number of amides is 1. The maximum Gasteiger partial charge on any atom is 0.235 e. The Labute approximate surface area is 75.9 Å². The number of nitrogens with one attached hydrogen (secondary N) is 1. The Hall–Kier alpha value is -0.770. The van der Waals surface area contributed by atoms with Gasteiger partial charge in [-0.15, -0.1) is 11.6 Å². The Balaban J connectivity index is 3.95. The summed E-state index contributed by atoms with van der Waals surface area (Å²) in [5.74, 6) is -1.98. The zero-order chi connectivity index (χ0) is 9.56. The monoisotopic (exact) mass is 192 g/mol. The van der Waals surface area contributed by atoms with Crippen LogP contribution in [0.3, 0.4) is 0 Å². The summed E-state index contributed by atoms with van der Waals surface area (Å²) in [5.41, 5.74) is 0. The summed E-state index contributed by atoms with van der Waals surface area (Å²) in [5, 5.41) is 12.6. The molecule has 0 rings (SSSR count). The molecule has 12 heavy (non-hydrogen) atoms. The van der Waals surface area contributed by atoms with Crippen LogP contribution in [0.2, 0.25) is 0 Å². The van der Waals surface area contributed by atoms with Gasteiger partial charge in [0.15, 0.2) is 0 Å². The Bertz CT molecular complexity index is 170. The first-order valence-corrected chi connectivity index (χ1v) is 4.21. The van der Waals surface area contributed by atoms with Gasteiger partial charge in [0, 0.05) is 0 Å². The molecule has 0 aliphatic carbocycles. The van der Waals surface area contributed by atoms with Gasteiger partial charge in [0.05, 0.1) is 12.0 Å². The number of aliphatic carboxylic acids is 1. The van der Waals surface area contributed by atoms with Gasteiger partial charge < -0.3 is 15.2 Å². The van der Waals surface area contributed by atoms with Crippen molar-refractivity contribution >= 4 is 23.5 Å². The van der Waals surface area contributed by atoms with Crippen LogP contribution in [0.15, 0.2) is 0 Å². The maximum atomic E-state index is 10.7.